The largest absolute Gasteiger partial charge is 0.478 e. The number of aromatic nitrogens is 2. The van der Waals surface area contributed by atoms with Crippen LogP contribution in [0.4, 0.5) is 13.2 Å². The van der Waals surface area contributed by atoms with Crippen LogP contribution in [0.2, 0.25) is 5.02 Å². The van der Waals surface area contributed by atoms with Crippen molar-refractivity contribution >= 4 is 34.7 Å². The Hall–Kier alpha value is -3.43. The van der Waals surface area contributed by atoms with Gasteiger partial charge in [-0.1, -0.05) is 41.9 Å². The van der Waals surface area contributed by atoms with Crippen LogP contribution < -0.4 is 0 Å². The van der Waals surface area contributed by atoms with Gasteiger partial charge in [-0.2, -0.15) is 18.3 Å². The highest BCUT2D eigenvalue weighted by molar-refractivity contribution is 7.11. The number of rotatable bonds is 6. The number of thiophene rings is 1. The van der Waals surface area contributed by atoms with Gasteiger partial charge in [0.15, 0.2) is 11.5 Å². The molecule has 0 aliphatic heterocycles. The normalized spacial score (nSPS) is 11.5. The molecule has 0 saturated heterocycles. The van der Waals surface area contributed by atoms with Gasteiger partial charge in [0.05, 0.1) is 23.0 Å². The van der Waals surface area contributed by atoms with Crippen LogP contribution in [0.1, 0.15) is 31.3 Å². The summed E-state index contributed by atoms with van der Waals surface area (Å²) < 4.78 is 42.3. The molecule has 0 spiro atoms. The minimum Gasteiger partial charge on any atom is -0.478 e. The molecule has 1 N–H and O–H groups in total. The van der Waals surface area contributed by atoms with E-state index < -0.39 is 35.6 Å². The first-order chi connectivity index (χ1) is 15.7. The van der Waals surface area contributed by atoms with Crippen molar-refractivity contribution in [3.63, 3.8) is 0 Å². The summed E-state index contributed by atoms with van der Waals surface area (Å²) in [5.41, 5.74) is -0.868. The second kappa shape index (κ2) is 8.84. The summed E-state index contributed by atoms with van der Waals surface area (Å²) in [5.74, 6) is -2.16. The van der Waals surface area contributed by atoms with Gasteiger partial charge in [-0.25, -0.2) is 9.48 Å². The number of Topliss-reactive ketones (excluding diaryl/α,β-unsaturated/α-hetero) is 1. The summed E-state index contributed by atoms with van der Waals surface area (Å²) in [6, 6.07) is 14.1. The topological polar surface area (TPSA) is 72.2 Å². The number of aromatic carboxylic acids is 1. The lowest BCUT2D eigenvalue weighted by atomic mass is 10.00. The summed E-state index contributed by atoms with van der Waals surface area (Å²) in [5, 5.41) is 15.6. The molecule has 4 rings (SSSR count). The maximum atomic E-state index is 13.9. The van der Waals surface area contributed by atoms with E-state index in [0.29, 0.717) is 20.8 Å². The fourth-order valence-corrected chi connectivity index (χ4v) is 4.61. The molecule has 168 valence electrons. The number of benzene rings is 2. The second-order valence-corrected chi connectivity index (χ2v) is 8.41. The molecule has 0 saturated carbocycles. The number of carbonyl (C=O) groups is 2. The molecular formula is C23H14ClF3N2O3S. The summed E-state index contributed by atoms with van der Waals surface area (Å²) >= 11 is 6.88. The van der Waals surface area contributed by atoms with E-state index in [4.69, 9.17) is 11.6 Å². The Balaban J connectivity index is 1.73. The highest BCUT2D eigenvalue weighted by Crippen LogP contribution is 2.36. The SMILES string of the molecule is O=C(Cc1scc(-c2ccc(Cl)cc2)c1C(=O)O)c1cnn(-c2ccccc2)c1C(F)(F)F. The first kappa shape index (κ1) is 22.8. The van der Waals surface area contributed by atoms with Gasteiger partial charge in [-0.15, -0.1) is 11.3 Å². The monoisotopic (exact) mass is 490 g/mol. The standard InChI is InChI=1S/C23H14ClF3N2O3S/c24-14-8-6-13(7-9-14)17-12-33-19(20(17)22(31)32)10-18(30)16-11-28-29(21(16)23(25,26)27)15-4-2-1-3-5-15/h1-9,11-12H,10H2,(H,31,32). The molecule has 0 amide bonds. The average molecular weight is 491 g/mol. The van der Waals surface area contributed by atoms with Crippen LogP contribution in [0.3, 0.4) is 0 Å². The van der Waals surface area contributed by atoms with Crippen LogP contribution in [0.25, 0.3) is 16.8 Å². The molecule has 0 radical (unpaired) electrons. The Kier molecular flexibility index (Phi) is 6.09. The zero-order valence-corrected chi connectivity index (χ0v) is 18.2. The van der Waals surface area contributed by atoms with E-state index in [1.165, 1.54) is 12.1 Å². The Bertz CT molecular complexity index is 1330. The number of carbonyl (C=O) groups excluding carboxylic acids is 1. The van der Waals surface area contributed by atoms with E-state index in [1.54, 1.807) is 47.8 Å². The zero-order chi connectivity index (χ0) is 23.8. The quantitative estimate of drug-likeness (QED) is 0.317. The maximum Gasteiger partial charge on any atom is 0.434 e. The first-order valence-corrected chi connectivity index (χ1v) is 10.8. The Labute approximate surface area is 194 Å². The van der Waals surface area contributed by atoms with Crippen molar-refractivity contribution < 1.29 is 27.9 Å². The predicted molar refractivity (Wildman–Crippen MR) is 118 cm³/mol. The lowest BCUT2D eigenvalue weighted by Crippen LogP contribution is -2.18. The van der Waals surface area contributed by atoms with Crippen LogP contribution in [-0.2, 0) is 12.6 Å². The number of halogens is 4. The van der Waals surface area contributed by atoms with Gasteiger partial charge in [0.25, 0.3) is 0 Å². The van der Waals surface area contributed by atoms with Crippen molar-refractivity contribution in [2.24, 2.45) is 0 Å². The molecule has 5 nitrogen and oxygen atoms in total. The number of hydrogen-bond donors (Lipinski definition) is 1. The van der Waals surface area contributed by atoms with Crippen LogP contribution in [0, 0.1) is 0 Å². The van der Waals surface area contributed by atoms with Gasteiger partial charge in [-0.3, -0.25) is 4.79 Å². The molecule has 2 aromatic heterocycles. The van der Waals surface area contributed by atoms with Crippen LogP contribution >= 0.6 is 22.9 Å². The highest BCUT2D eigenvalue weighted by atomic mass is 35.5. The van der Waals surface area contributed by atoms with E-state index in [9.17, 15) is 27.9 Å². The van der Waals surface area contributed by atoms with Crippen molar-refractivity contribution in [1.82, 2.24) is 9.78 Å². The van der Waals surface area contributed by atoms with Gasteiger partial charge in [-0.05, 0) is 35.2 Å². The molecule has 0 atom stereocenters. The number of alkyl halides is 3. The van der Waals surface area contributed by atoms with Crippen molar-refractivity contribution in [2.45, 2.75) is 12.6 Å². The third kappa shape index (κ3) is 4.55. The molecule has 0 aliphatic carbocycles. The summed E-state index contributed by atoms with van der Waals surface area (Å²) in [6.45, 7) is 0. The highest BCUT2D eigenvalue weighted by Gasteiger charge is 2.40. The van der Waals surface area contributed by atoms with E-state index in [0.717, 1.165) is 17.5 Å². The average Bonchev–Trinajstić information content (AvgIpc) is 3.40. The molecule has 33 heavy (non-hydrogen) atoms. The van der Waals surface area contributed by atoms with E-state index in [1.807, 2.05) is 0 Å². The van der Waals surface area contributed by atoms with Crippen LogP contribution in [-0.4, -0.2) is 26.6 Å². The van der Waals surface area contributed by atoms with E-state index in [2.05, 4.69) is 5.10 Å². The molecule has 2 aromatic carbocycles. The molecule has 0 unspecified atom stereocenters. The lowest BCUT2D eigenvalue weighted by molar-refractivity contribution is -0.143. The van der Waals surface area contributed by atoms with Gasteiger partial charge >= 0.3 is 12.1 Å². The third-order valence-electron chi connectivity index (χ3n) is 4.90. The number of para-hydroxylation sites is 1. The summed E-state index contributed by atoms with van der Waals surface area (Å²) in [6.07, 6.45) is -4.49. The fraction of sp³-hybridized carbons (Fsp3) is 0.0870. The molecule has 4 aromatic rings. The molecule has 10 heteroatoms. The lowest BCUT2D eigenvalue weighted by Gasteiger charge is -2.12. The van der Waals surface area contributed by atoms with Gasteiger partial charge in [0.2, 0.25) is 0 Å². The number of hydrogen-bond acceptors (Lipinski definition) is 4. The van der Waals surface area contributed by atoms with Crippen molar-refractivity contribution in [2.75, 3.05) is 0 Å². The number of nitrogens with zero attached hydrogens (tertiary/aromatic N) is 2. The van der Waals surface area contributed by atoms with Crippen LogP contribution in [0.5, 0.6) is 0 Å². The Morgan fingerprint density at radius 1 is 1.06 bits per heavy atom. The molecule has 2 heterocycles. The maximum absolute atomic E-state index is 13.9. The summed E-state index contributed by atoms with van der Waals surface area (Å²) in [7, 11) is 0. The van der Waals surface area contributed by atoms with Crippen molar-refractivity contribution in [3.05, 3.63) is 92.9 Å². The minimum atomic E-state index is -4.85. The van der Waals surface area contributed by atoms with Crippen LogP contribution in [0.15, 0.2) is 66.2 Å². The second-order valence-electron chi connectivity index (χ2n) is 7.01. The smallest absolute Gasteiger partial charge is 0.434 e. The summed E-state index contributed by atoms with van der Waals surface area (Å²) in [4.78, 5) is 25.0. The molecular weight excluding hydrogens is 477 g/mol. The van der Waals surface area contributed by atoms with E-state index >= 15 is 0 Å². The van der Waals surface area contributed by atoms with E-state index in [-0.39, 0.29) is 16.1 Å². The third-order valence-corrected chi connectivity index (χ3v) is 6.13. The molecule has 0 bridgehead atoms. The molecule has 0 fully saturated rings. The Morgan fingerprint density at radius 3 is 2.33 bits per heavy atom. The van der Waals surface area contributed by atoms with Crippen molar-refractivity contribution in [1.29, 1.82) is 0 Å². The first-order valence-electron chi connectivity index (χ1n) is 9.50. The van der Waals surface area contributed by atoms with Crippen molar-refractivity contribution in [3.8, 4) is 16.8 Å². The fourth-order valence-electron chi connectivity index (χ4n) is 3.44. The minimum absolute atomic E-state index is 0.125. The van der Waals surface area contributed by atoms with Gasteiger partial charge in [0, 0.05) is 21.9 Å². The van der Waals surface area contributed by atoms with Gasteiger partial charge < -0.3 is 5.11 Å². The van der Waals surface area contributed by atoms with Gasteiger partial charge in [0.1, 0.15) is 0 Å². The molecule has 0 aliphatic rings. The Morgan fingerprint density at radius 2 is 1.73 bits per heavy atom. The zero-order valence-electron chi connectivity index (χ0n) is 16.6. The number of ketones is 1. The number of carboxylic acid groups (broad SMARTS) is 1. The predicted octanol–water partition coefficient (Wildman–Crippen LogP) is 6.40. The number of carboxylic acids is 1.